The average molecular weight is 405 g/mol. The number of ether oxygens (including phenoxy) is 2. The summed E-state index contributed by atoms with van der Waals surface area (Å²) in [5.41, 5.74) is 0. The number of nitrogens with zero attached hydrogens (tertiary/aromatic N) is 4. The van der Waals surface area contributed by atoms with Gasteiger partial charge in [0.1, 0.15) is 0 Å². The molecule has 0 aliphatic carbocycles. The van der Waals surface area contributed by atoms with Crippen LogP contribution in [0.4, 0.5) is 4.79 Å². The van der Waals surface area contributed by atoms with E-state index in [9.17, 15) is 9.59 Å². The van der Waals surface area contributed by atoms with Crippen LogP contribution in [-0.4, -0.2) is 84.8 Å². The van der Waals surface area contributed by atoms with E-state index in [0.29, 0.717) is 44.7 Å². The molecule has 0 radical (unpaired) electrons. The minimum absolute atomic E-state index is 0.00264. The minimum Gasteiger partial charge on any atom is -0.463 e. The second kappa shape index (κ2) is 10.9. The van der Waals surface area contributed by atoms with Gasteiger partial charge in [0, 0.05) is 71.2 Å². The molecular formula is C20H31N5O4. The monoisotopic (exact) mass is 405 g/mol. The number of hydrogen-bond acceptors (Lipinski definition) is 6. The van der Waals surface area contributed by atoms with Crippen molar-refractivity contribution in [2.24, 2.45) is 11.8 Å². The Bertz CT molecular complexity index is 652. The molecule has 160 valence electrons. The Balaban J connectivity index is 1.34. The van der Waals surface area contributed by atoms with E-state index in [-0.39, 0.29) is 17.9 Å². The number of carbonyl (C=O) groups excluding carboxylic acids is 2. The summed E-state index contributed by atoms with van der Waals surface area (Å²) in [7, 11) is 1.66. The maximum Gasteiger partial charge on any atom is 0.317 e. The number of nitrogens with one attached hydrogen (secondary N) is 1. The fourth-order valence-electron chi connectivity index (χ4n) is 3.85. The lowest BCUT2D eigenvalue weighted by Gasteiger charge is -2.34. The summed E-state index contributed by atoms with van der Waals surface area (Å²) in [6, 6.07) is 2.09. The SMILES string of the molecule is COCCCNC(=O)N1CCC(CN2CC(COc3ncccn3)CC2=O)CC1. The molecule has 1 N–H and O–H groups in total. The van der Waals surface area contributed by atoms with Crippen molar-refractivity contribution in [3.05, 3.63) is 18.5 Å². The Morgan fingerprint density at radius 2 is 2.00 bits per heavy atom. The van der Waals surface area contributed by atoms with Crippen molar-refractivity contribution < 1.29 is 19.1 Å². The first-order valence-electron chi connectivity index (χ1n) is 10.3. The third-order valence-corrected chi connectivity index (χ3v) is 5.47. The summed E-state index contributed by atoms with van der Waals surface area (Å²) in [4.78, 5) is 36.5. The molecule has 2 fully saturated rings. The molecule has 0 spiro atoms. The number of carbonyl (C=O) groups is 2. The van der Waals surface area contributed by atoms with Gasteiger partial charge in [0.15, 0.2) is 0 Å². The summed E-state index contributed by atoms with van der Waals surface area (Å²) < 4.78 is 10.6. The van der Waals surface area contributed by atoms with E-state index in [1.54, 1.807) is 25.6 Å². The molecule has 29 heavy (non-hydrogen) atoms. The Morgan fingerprint density at radius 3 is 2.72 bits per heavy atom. The average Bonchev–Trinajstić information content (AvgIpc) is 3.10. The molecule has 3 heterocycles. The zero-order valence-corrected chi connectivity index (χ0v) is 17.1. The lowest BCUT2D eigenvalue weighted by atomic mass is 9.96. The van der Waals surface area contributed by atoms with Crippen LogP contribution in [-0.2, 0) is 9.53 Å². The van der Waals surface area contributed by atoms with E-state index >= 15 is 0 Å². The molecule has 0 aromatic carbocycles. The first-order valence-corrected chi connectivity index (χ1v) is 10.3. The summed E-state index contributed by atoms with van der Waals surface area (Å²) in [5.74, 6) is 0.795. The van der Waals surface area contributed by atoms with Crippen molar-refractivity contribution in [1.29, 1.82) is 0 Å². The van der Waals surface area contributed by atoms with Gasteiger partial charge in [-0.1, -0.05) is 0 Å². The van der Waals surface area contributed by atoms with Crippen LogP contribution >= 0.6 is 0 Å². The highest BCUT2D eigenvalue weighted by atomic mass is 16.5. The van der Waals surface area contributed by atoms with Gasteiger partial charge in [-0.3, -0.25) is 4.79 Å². The number of methoxy groups -OCH3 is 1. The summed E-state index contributed by atoms with van der Waals surface area (Å²) >= 11 is 0. The van der Waals surface area contributed by atoms with E-state index in [1.165, 1.54) is 0 Å². The molecule has 2 saturated heterocycles. The maximum atomic E-state index is 12.4. The van der Waals surface area contributed by atoms with E-state index < -0.39 is 0 Å². The molecule has 1 unspecified atom stereocenters. The second-order valence-corrected chi connectivity index (χ2v) is 7.72. The predicted octanol–water partition coefficient (Wildman–Crippen LogP) is 1.16. The van der Waals surface area contributed by atoms with Crippen LogP contribution in [0.5, 0.6) is 6.01 Å². The fourth-order valence-corrected chi connectivity index (χ4v) is 3.85. The highest BCUT2D eigenvalue weighted by Crippen LogP contribution is 2.24. The number of aromatic nitrogens is 2. The first kappa shape index (κ1) is 21.3. The quantitative estimate of drug-likeness (QED) is 0.620. The van der Waals surface area contributed by atoms with Gasteiger partial charge in [-0.15, -0.1) is 0 Å². The maximum absolute atomic E-state index is 12.4. The zero-order valence-electron chi connectivity index (χ0n) is 17.1. The number of piperidine rings is 1. The van der Waals surface area contributed by atoms with E-state index in [2.05, 4.69) is 15.3 Å². The number of urea groups is 1. The van der Waals surface area contributed by atoms with Crippen molar-refractivity contribution in [1.82, 2.24) is 25.1 Å². The van der Waals surface area contributed by atoms with Crippen LogP contribution < -0.4 is 10.1 Å². The first-order chi connectivity index (χ1) is 14.2. The number of rotatable bonds is 9. The van der Waals surface area contributed by atoms with Crippen LogP contribution in [0.3, 0.4) is 0 Å². The van der Waals surface area contributed by atoms with E-state index in [0.717, 1.165) is 38.9 Å². The lowest BCUT2D eigenvalue weighted by molar-refractivity contribution is -0.128. The largest absolute Gasteiger partial charge is 0.463 e. The number of hydrogen-bond donors (Lipinski definition) is 1. The number of likely N-dealkylation sites (tertiary alicyclic amines) is 2. The van der Waals surface area contributed by atoms with Gasteiger partial charge >= 0.3 is 12.0 Å². The highest BCUT2D eigenvalue weighted by molar-refractivity contribution is 5.78. The molecular weight excluding hydrogens is 374 g/mol. The van der Waals surface area contributed by atoms with E-state index in [4.69, 9.17) is 9.47 Å². The predicted molar refractivity (Wildman–Crippen MR) is 106 cm³/mol. The van der Waals surface area contributed by atoms with Crippen LogP contribution in [0.15, 0.2) is 18.5 Å². The van der Waals surface area contributed by atoms with Gasteiger partial charge in [-0.05, 0) is 31.2 Å². The highest BCUT2D eigenvalue weighted by Gasteiger charge is 2.33. The molecule has 1 aromatic heterocycles. The van der Waals surface area contributed by atoms with Gasteiger partial charge < -0.3 is 24.6 Å². The Morgan fingerprint density at radius 1 is 1.24 bits per heavy atom. The molecule has 9 heteroatoms. The van der Waals surface area contributed by atoms with Gasteiger partial charge in [-0.25, -0.2) is 14.8 Å². The van der Waals surface area contributed by atoms with Gasteiger partial charge in [0.05, 0.1) is 6.61 Å². The molecule has 2 aliphatic heterocycles. The van der Waals surface area contributed by atoms with Crippen LogP contribution in [0.1, 0.15) is 25.7 Å². The molecule has 3 rings (SSSR count). The van der Waals surface area contributed by atoms with Gasteiger partial charge in [0.2, 0.25) is 5.91 Å². The Labute approximate surface area is 171 Å². The van der Waals surface area contributed by atoms with Crippen molar-refractivity contribution in [3.8, 4) is 6.01 Å². The summed E-state index contributed by atoms with van der Waals surface area (Å²) in [6.07, 6.45) is 6.45. The van der Waals surface area contributed by atoms with Gasteiger partial charge in [0.25, 0.3) is 0 Å². The molecule has 0 saturated carbocycles. The smallest absolute Gasteiger partial charge is 0.317 e. The molecule has 3 amide bonds. The van der Waals surface area contributed by atoms with Crippen molar-refractivity contribution in [2.75, 3.05) is 53.0 Å². The van der Waals surface area contributed by atoms with Crippen molar-refractivity contribution >= 4 is 11.9 Å². The van der Waals surface area contributed by atoms with Crippen LogP contribution in [0.25, 0.3) is 0 Å². The molecule has 1 atom stereocenters. The van der Waals surface area contributed by atoms with E-state index in [1.807, 2.05) is 9.80 Å². The normalized spacial score (nSPS) is 20.2. The topological polar surface area (TPSA) is 96.9 Å². The third-order valence-electron chi connectivity index (χ3n) is 5.47. The van der Waals surface area contributed by atoms with Gasteiger partial charge in [-0.2, -0.15) is 0 Å². The summed E-state index contributed by atoms with van der Waals surface area (Å²) in [6.45, 7) is 4.69. The minimum atomic E-state index is -0.00264. The second-order valence-electron chi connectivity index (χ2n) is 7.72. The summed E-state index contributed by atoms with van der Waals surface area (Å²) in [5, 5.41) is 2.93. The van der Waals surface area contributed by atoms with Crippen LogP contribution in [0.2, 0.25) is 0 Å². The van der Waals surface area contributed by atoms with Crippen molar-refractivity contribution in [2.45, 2.75) is 25.7 Å². The molecule has 0 bridgehead atoms. The Kier molecular flexibility index (Phi) is 8.03. The third kappa shape index (κ3) is 6.56. The molecule has 9 nitrogen and oxygen atoms in total. The molecule has 2 aliphatic rings. The lowest BCUT2D eigenvalue weighted by Crippen LogP contribution is -2.46. The molecule has 1 aromatic rings. The van der Waals surface area contributed by atoms with Crippen molar-refractivity contribution in [3.63, 3.8) is 0 Å². The standard InChI is InChI=1S/C20H31N5O4/c1-28-11-3-8-23-20(27)24-9-4-16(5-10-24)13-25-14-17(12-18(25)26)15-29-19-21-6-2-7-22-19/h2,6-7,16-17H,3-5,8-15H2,1H3,(H,23,27). The fraction of sp³-hybridized carbons (Fsp3) is 0.700. The zero-order chi connectivity index (χ0) is 20.5. The number of amides is 3. The Hall–Kier alpha value is -2.42. The van der Waals surface area contributed by atoms with Crippen LogP contribution in [0, 0.1) is 11.8 Å².